The molecule has 0 aliphatic rings. The highest BCUT2D eigenvalue weighted by atomic mass is 16.5. The van der Waals surface area contributed by atoms with Crippen LogP contribution in [0.2, 0.25) is 0 Å². The molecule has 0 unspecified atom stereocenters. The molecule has 0 aliphatic heterocycles. The monoisotopic (exact) mass is 332 g/mol. The Hall–Kier alpha value is -3.07. The average Bonchev–Trinajstić information content (AvgIpc) is 2.67. The predicted molar refractivity (Wildman–Crippen MR) is 98.1 cm³/mol. The van der Waals surface area contributed by atoms with E-state index in [4.69, 9.17) is 4.74 Å². The number of carboxylic acid groups (broad SMARTS) is 1. The molecule has 0 aromatic heterocycles. The largest absolute Gasteiger partial charge is 0.489 e. The topological polar surface area (TPSA) is 46.5 Å². The van der Waals surface area contributed by atoms with Crippen molar-refractivity contribution in [2.45, 2.75) is 19.4 Å². The van der Waals surface area contributed by atoms with Gasteiger partial charge in [0.2, 0.25) is 0 Å². The van der Waals surface area contributed by atoms with Crippen molar-refractivity contribution in [1.82, 2.24) is 0 Å². The molecule has 3 heteroatoms. The fourth-order valence-electron chi connectivity index (χ4n) is 2.81. The maximum Gasteiger partial charge on any atom is 0.335 e. The zero-order chi connectivity index (χ0) is 17.6. The lowest BCUT2D eigenvalue weighted by Crippen LogP contribution is -2.05. The van der Waals surface area contributed by atoms with E-state index < -0.39 is 5.97 Å². The van der Waals surface area contributed by atoms with Gasteiger partial charge in [-0.25, -0.2) is 4.79 Å². The Morgan fingerprint density at radius 3 is 2.24 bits per heavy atom. The molecule has 0 saturated carbocycles. The second-order valence-corrected chi connectivity index (χ2v) is 5.96. The van der Waals surface area contributed by atoms with Gasteiger partial charge in [-0.3, -0.25) is 0 Å². The molecule has 3 nitrogen and oxygen atoms in total. The Bertz CT molecular complexity index is 842. The van der Waals surface area contributed by atoms with Crippen molar-refractivity contribution in [2.75, 3.05) is 0 Å². The first-order chi connectivity index (χ1) is 12.1. The summed E-state index contributed by atoms with van der Waals surface area (Å²) in [6.45, 7) is 2.51. The van der Waals surface area contributed by atoms with Crippen molar-refractivity contribution in [1.29, 1.82) is 0 Å². The van der Waals surface area contributed by atoms with Crippen LogP contribution in [0.5, 0.6) is 5.75 Å². The molecule has 0 radical (unpaired) electrons. The number of aromatic carboxylic acids is 1. The van der Waals surface area contributed by atoms with Crippen molar-refractivity contribution in [3.8, 4) is 5.75 Å². The molecule has 1 N–H and O–H groups in total. The molecule has 0 amide bonds. The minimum atomic E-state index is -0.934. The van der Waals surface area contributed by atoms with Crippen molar-refractivity contribution < 1.29 is 14.6 Å². The molecule has 126 valence electrons. The Morgan fingerprint density at radius 1 is 0.960 bits per heavy atom. The Labute approximate surface area is 147 Å². The van der Waals surface area contributed by atoms with Crippen molar-refractivity contribution in [3.05, 3.63) is 101 Å². The molecule has 0 fully saturated rings. The lowest BCUT2D eigenvalue weighted by Gasteiger charge is -2.18. The maximum absolute atomic E-state index is 11.4. The van der Waals surface area contributed by atoms with Crippen LogP contribution in [0.1, 0.15) is 39.9 Å². The van der Waals surface area contributed by atoms with Gasteiger partial charge >= 0.3 is 5.97 Å². The lowest BCUT2D eigenvalue weighted by atomic mass is 9.91. The smallest absolute Gasteiger partial charge is 0.335 e. The molecule has 3 rings (SSSR count). The zero-order valence-electron chi connectivity index (χ0n) is 14.1. The SMILES string of the molecule is C[C@H](c1ccccc1)c1cc(C(=O)O)ccc1OCc1ccccc1. The molecular formula is C22H20O3. The summed E-state index contributed by atoms with van der Waals surface area (Å²) in [4.78, 5) is 11.4. The zero-order valence-corrected chi connectivity index (χ0v) is 14.1. The normalized spacial score (nSPS) is 11.7. The van der Waals surface area contributed by atoms with Gasteiger partial charge in [-0.05, 0) is 29.3 Å². The maximum atomic E-state index is 11.4. The summed E-state index contributed by atoms with van der Waals surface area (Å²) in [5.74, 6) is -0.187. The fourth-order valence-corrected chi connectivity index (χ4v) is 2.81. The number of hydrogen-bond donors (Lipinski definition) is 1. The number of benzene rings is 3. The molecule has 3 aromatic rings. The first-order valence-electron chi connectivity index (χ1n) is 8.24. The minimum absolute atomic E-state index is 0.0336. The second-order valence-electron chi connectivity index (χ2n) is 5.96. The van der Waals surface area contributed by atoms with Gasteiger partial charge in [0, 0.05) is 11.5 Å². The van der Waals surface area contributed by atoms with Gasteiger partial charge < -0.3 is 9.84 Å². The third kappa shape index (κ3) is 4.07. The van der Waals surface area contributed by atoms with E-state index >= 15 is 0 Å². The van der Waals surface area contributed by atoms with E-state index in [1.54, 1.807) is 18.2 Å². The van der Waals surface area contributed by atoms with Gasteiger partial charge in [-0.1, -0.05) is 67.6 Å². The fraction of sp³-hybridized carbons (Fsp3) is 0.136. The first-order valence-corrected chi connectivity index (χ1v) is 8.24. The highest BCUT2D eigenvalue weighted by Gasteiger charge is 2.16. The van der Waals surface area contributed by atoms with E-state index in [-0.39, 0.29) is 11.5 Å². The third-order valence-electron chi connectivity index (χ3n) is 4.26. The van der Waals surface area contributed by atoms with Crippen LogP contribution in [0.15, 0.2) is 78.9 Å². The lowest BCUT2D eigenvalue weighted by molar-refractivity contribution is 0.0696. The van der Waals surface area contributed by atoms with Crippen molar-refractivity contribution >= 4 is 5.97 Å². The molecule has 0 spiro atoms. The highest BCUT2D eigenvalue weighted by molar-refractivity contribution is 5.88. The number of hydrogen-bond acceptors (Lipinski definition) is 2. The molecule has 0 saturated heterocycles. The number of ether oxygens (including phenoxy) is 1. The van der Waals surface area contributed by atoms with Crippen LogP contribution in [0, 0.1) is 0 Å². The van der Waals surface area contributed by atoms with Gasteiger partial charge in [-0.15, -0.1) is 0 Å². The van der Waals surface area contributed by atoms with Crippen LogP contribution in [0.3, 0.4) is 0 Å². The van der Waals surface area contributed by atoms with Crippen molar-refractivity contribution in [2.24, 2.45) is 0 Å². The van der Waals surface area contributed by atoms with Crippen LogP contribution < -0.4 is 4.74 Å². The number of carbonyl (C=O) groups is 1. The van der Waals surface area contributed by atoms with Gasteiger partial charge in [0.15, 0.2) is 0 Å². The Balaban J connectivity index is 1.92. The number of rotatable bonds is 6. The second kappa shape index (κ2) is 7.67. The van der Waals surface area contributed by atoms with E-state index in [1.165, 1.54) is 0 Å². The third-order valence-corrected chi connectivity index (χ3v) is 4.26. The summed E-state index contributed by atoms with van der Waals surface area (Å²) in [6.07, 6.45) is 0. The van der Waals surface area contributed by atoms with Gasteiger partial charge in [0.05, 0.1) is 5.56 Å². The molecule has 25 heavy (non-hydrogen) atoms. The number of carboxylic acids is 1. The van der Waals surface area contributed by atoms with Crippen LogP contribution in [0.4, 0.5) is 0 Å². The van der Waals surface area contributed by atoms with E-state index in [0.717, 1.165) is 16.7 Å². The minimum Gasteiger partial charge on any atom is -0.489 e. The molecule has 0 aliphatic carbocycles. The van der Waals surface area contributed by atoms with E-state index in [1.807, 2.05) is 60.7 Å². The molecular weight excluding hydrogens is 312 g/mol. The average molecular weight is 332 g/mol. The summed E-state index contributed by atoms with van der Waals surface area (Å²) in [5, 5.41) is 9.32. The van der Waals surface area contributed by atoms with E-state index in [0.29, 0.717) is 12.4 Å². The standard InChI is InChI=1S/C22H20O3/c1-16(18-10-6-3-7-11-18)20-14-19(22(23)24)12-13-21(20)25-15-17-8-4-2-5-9-17/h2-14,16H,15H2,1H3,(H,23,24)/t16-/m1/s1. The first kappa shape index (κ1) is 16.8. The molecule has 1 atom stereocenters. The molecule has 3 aromatic carbocycles. The summed E-state index contributed by atoms with van der Waals surface area (Å²) in [6, 6.07) is 25.0. The van der Waals surface area contributed by atoms with Gasteiger partial charge in [0.25, 0.3) is 0 Å². The van der Waals surface area contributed by atoms with Crippen LogP contribution >= 0.6 is 0 Å². The predicted octanol–water partition coefficient (Wildman–Crippen LogP) is 5.12. The Morgan fingerprint density at radius 2 is 1.60 bits per heavy atom. The summed E-state index contributed by atoms with van der Waals surface area (Å²) in [5.41, 5.74) is 3.34. The summed E-state index contributed by atoms with van der Waals surface area (Å²) >= 11 is 0. The molecule has 0 bridgehead atoms. The van der Waals surface area contributed by atoms with Crippen LogP contribution in [-0.4, -0.2) is 11.1 Å². The van der Waals surface area contributed by atoms with Gasteiger partial charge in [0.1, 0.15) is 12.4 Å². The van der Waals surface area contributed by atoms with Gasteiger partial charge in [-0.2, -0.15) is 0 Å². The van der Waals surface area contributed by atoms with E-state index in [2.05, 4.69) is 6.92 Å². The highest BCUT2D eigenvalue weighted by Crippen LogP contribution is 2.33. The van der Waals surface area contributed by atoms with Crippen LogP contribution in [-0.2, 0) is 6.61 Å². The summed E-state index contributed by atoms with van der Waals surface area (Å²) in [7, 11) is 0. The summed E-state index contributed by atoms with van der Waals surface area (Å²) < 4.78 is 6.01. The quantitative estimate of drug-likeness (QED) is 0.682. The van der Waals surface area contributed by atoms with E-state index in [9.17, 15) is 9.90 Å². The Kier molecular flexibility index (Phi) is 5.14. The molecule has 0 heterocycles. The van der Waals surface area contributed by atoms with Crippen molar-refractivity contribution in [3.63, 3.8) is 0 Å². The van der Waals surface area contributed by atoms with Crippen LogP contribution in [0.25, 0.3) is 0 Å².